The molecule has 4 rings (SSSR count). The molecule has 0 N–H and O–H groups in total. The summed E-state index contributed by atoms with van der Waals surface area (Å²) >= 11 is 0. The molecule has 130 valence electrons. The summed E-state index contributed by atoms with van der Waals surface area (Å²) in [4.78, 5) is 11.7. The Bertz CT molecular complexity index is 1010. The van der Waals surface area contributed by atoms with Crippen LogP contribution in [0.1, 0.15) is 10.4 Å². The van der Waals surface area contributed by atoms with E-state index in [0.717, 1.165) is 28.2 Å². The first-order valence-electron chi connectivity index (χ1n) is 8.72. The van der Waals surface area contributed by atoms with Crippen LogP contribution in [-0.4, -0.2) is 5.97 Å². The molecule has 0 fully saturated rings. The van der Waals surface area contributed by atoms with Crippen molar-refractivity contribution in [2.75, 3.05) is 0 Å². The summed E-state index contributed by atoms with van der Waals surface area (Å²) in [5, 5.41) is 11.7. The molecule has 0 aliphatic heterocycles. The monoisotopic (exact) mass is 351 g/mol. The van der Waals surface area contributed by atoms with E-state index in [9.17, 15) is 9.90 Å². The molecule has 3 nitrogen and oxygen atoms in total. The maximum Gasteiger partial charge on any atom is 0.219 e. The van der Waals surface area contributed by atoms with E-state index in [4.69, 9.17) is 0 Å². The zero-order valence-electron chi connectivity index (χ0n) is 14.6. The summed E-state index contributed by atoms with van der Waals surface area (Å²) in [6.07, 6.45) is 0. The number of nitrogens with zero attached hydrogens (tertiary/aromatic N) is 1. The van der Waals surface area contributed by atoms with E-state index < -0.39 is 5.97 Å². The van der Waals surface area contributed by atoms with Gasteiger partial charge in [-0.2, -0.15) is 4.57 Å². The smallest absolute Gasteiger partial charge is 0.219 e. The molecule has 0 unspecified atom stereocenters. The highest BCUT2D eigenvalue weighted by Crippen LogP contribution is 2.25. The minimum absolute atomic E-state index is 0.153. The average Bonchev–Trinajstić information content (AvgIpc) is 2.74. The number of aromatic nitrogens is 1. The van der Waals surface area contributed by atoms with Gasteiger partial charge in [-0.15, -0.1) is 0 Å². The number of benzene rings is 3. The first-order chi connectivity index (χ1) is 13.2. The molecule has 0 saturated heterocycles. The third-order valence-corrected chi connectivity index (χ3v) is 4.46. The van der Waals surface area contributed by atoms with E-state index in [-0.39, 0.29) is 5.56 Å². The van der Waals surface area contributed by atoms with Crippen LogP contribution >= 0.6 is 0 Å². The summed E-state index contributed by atoms with van der Waals surface area (Å²) in [5.41, 5.74) is 4.56. The zero-order valence-corrected chi connectivity index (χ0v) is 14.6. The summed E-state index contributed by atoms with van der Waals surface area (Å²) in [6.45, 7) is 0. The Morgan fingerprint density at radius 3 is 1.44 bits per heavy atom. The highest BCUT2D eigenvalue weighted by atomic mass is 16.4. The second kappa shape index (κ2) is 7.26. The van der Waals surface area contributed by atoms with Crippen LogP contribution in [0.25, 0.3) is 28.2 Å². The molecule has 0 radical (unpaired) electrons. The number of carbonyl (C=O) groups is 1. The van der Waals surface area contributed by atoms with Crippen molar-refractivity contribution in [1.82, 2.24) is 0 Å². The van der Waals surface area contributed by atoms with Gasteiger partial charge >= 0.3 is 0 Å². The Hall–Kier alpha value is -3.72. The molecule has 0 aliphatic rings. The predicted molar refractivity (Wildman–Crippen MR) is 103 cm³/mol. The molecular formula is C24H17NO2. The van der Waals surface area contributed by atoms with Gasteiger partial charge in [0.1, 0.15) is 0 Å². The van der Waals surface area contributed by atoms with Crippen LogP contribution in [0, 0.1) is 0 Å². The van der Waals surface area contributed by atoms with E-state index in [0.29, 0.717) is 0 Å². The van der Waals surface area contributed by atoms with Crippen LogP contribution in [0.15, 0.2) is 103 Å². The second-order valence-corrected chi connectivity index (χ2v) is 6.20. The van der Waals surface area contributed by atoms with Crippen molar-refractivity contribution < 1.29 is 14.5 Å². The van der Waals surface area contributed by atoms with Crippen molar-refractivity contribution in [1.29, 1.82) is 0 Å². The SMILES string of the molecule is O=C([O-])c1cc(-c2ccccc2)[n+](-c2ccccc2)c(-c2ccccc2)c1. The lowest BCUT2D eigenvalue weighted by Crippen LogP contribution is -2.37. The summed E-state index contributed by atoms with van der Waals surface area (Å²) < 4.78 is 2.08. The van der Waals surface area contributed by atoms with Gasteiger partial charge in [0.25, 0.3) is 0 Å². The van der Waals surface area contributed by atoms with Gasteiger partial charge in [-0.25, -0.2) is 0 Å². The minimum Gasteiger partial charge on any atom is -0.545 e. The number of pyridine rings is 1. The van der Waals surface area contributed by atoms with E-state index in [2.05, 4.69) is 4.57 Å². The highest BCUT2D eigenvalue weighted by molar-refractivity contribution is 5.88. The zero-order chi connectivity index (χ0) is 18.6. The molecule has 0 aliphatic carbocycles. The van der Waals surface area contributed by atoms with E-state index in [1.54, 1.807) is 12.1 Å². The molecule has 1 aromatic heterocycles. The van der Waals surface area contributed by atoms with E-state index in [1.807, 2.05) is 91.0 Å². The topological polar surface area (TPSA) is 44.0 Å². The van der Waals surface area contributed by atoms with Gasteiger partial charge in [-0.1, -0.05) is 54.6 Å². The van der Waals surface area contributed by atoms with Crippen LogP contribution in [0.5, 0.6) is 0 Å². The highest BCUT2D eigenvalue weighted by Gasteiger charge is 2.24. The third kappa shape index (κ3) is 3.35. The minimum atomic E-state index is -1.19. The number of hydrogen-bond donors (Lipinski definition) is 0. The fourth-order valence-corrected chi connectivity index (χ4v) is 3.21. The quantitative estimate of drug-likeness (QED) is 0.527. The number of carbonyl (C=O) groups excluding carboxylic acids is 1. The first kappa shape index (κ1) is 16.7. The molecule has 0 amide bonds. The molecule has 0 saturated carbocycles. The molecule has 4 aromatic rings. The van der Waals surface area contributed by atoms with Gasteiger partial charge in [0.05, 0.1) is 5.97 Å². The van der Waals surface area contributed by atoms with E-state index in [1.165, 1.54) is 0 Å². The van der Waals surface area contributed by atoms with Gasteiger partial charge in [-0.3, -0.25) is 0 Å². The van der Waals surface area contributed by atoms with Crippen molar-refractivity contribution in [2.24, 2.45) is 0 Å². The summed E-state index contributed by atoms with van der Waals surface area (Å²) in [5.74, 6) is -1.19. The lowest BCUT2D eigenvalue weighted by molar-refractivity contribution is -0.572. The number of carboxylic acids is 1. The Kier molecular flexibility index (Phi) is 4.50. The fraction of sp³-hybridized carbons (Fsp3) is 0. The Morgan fingerprint density at radius 1 is 0.630 bits per heavy atom. The number of hydrogen-bond acceptors (Lipinski definition) is 2. The van der Waals surface area contributed by atoms with Crippen LogP contribution in [0.4, 0.5) is 0 Å². The van der Waals surface area contributed by atoms with Crippen LogP contribution < -0.4 is 9.67 Å². The van der Waals surface area contributed by atoms with Crippen LogP contribution in [-0.2, 0) is 0 Å². The van der Waals surface area contributed by atoms with Crippen molar-refractivity contribution in [2.45, 2.75) is 0 Å². The largest absolute Gasteiger partial charge is 0.545 e. The molecule has 0 spiro atoms. The van der Waals surface area contributed by atoms with Crippen LogP contribution in [0.2, 0.25) is 0 Å². The summed E-state index contributed by atoms with van der Waals surface area (Å²) in [7, 11) is 0. The molecule has 0 bridgehead atoms. The van der Waals surface area contributed by atoms with E-state index >= 15 is 0 Å². The number of rotatable bonds is 4. The third-order valence-electron chi connectivity index (χ3n) is 4.46. The maximum absolute atomic E-state index is 11.7. The molecular weight excluding hydrogens is 334 g/mol. The molecule has 1 heterocycles. The molecule has 0 atom stereocenters. The Morgan fingerprint density at radius 2 is 1.04 bits per heavy atom. The molecule has 3 heteroatoms. The lowest BCUT2D eigenvalue weighted by Gasteiger charge is -2.12. The van der Waals surface area contributed by atoms with Gasteiger partial charge in [0, 0.05) is 41.0 Å². The lowest BCUT2D eigenvalue weighted by atomic mass is 10.0. The number of para-hydroxylation sites is 1. The van der Waals surface area contributed by atoms with Gasteiger partial charge in [0.2, 0.25) is 17.1 Å². The van der Waals surface area contributed by atoms with Crippen molar-refractivity contribution in [3.63, 3.8) is 0 Å². The first-order valence-corrected chi connectivity index (χ1v) is 8.72. The molecule has 27 heavy (non-hydrogen) atoms. The van der Waals surface area contributed by atoms with Crippen molar-refractivity contribution in [3.8, 4) is 28.2 Å². The second-order valence-electron chi connectivity index (χ2n) is 6.20. The summed E-state index contributed by atoms with van der Waals surface area (Å²) in [6, 6.07) is 32.8. The number of aromatic carboxylic acids is 1. The van der Waals surface area contributed by atoms with Crippen LogP contribution in [0.3, 0.4) is 0 Å². The maximum atomic E-state index is 11.7. The predicted octanol–water partition coefficient (Wildman–Crippen LogP) is 3.66. The van der Waals surface area contributed by atoms with Gasteiger partial charge in [0.15, 0.2) is 0 Å². The number of carboxylic acid groups (broad SMARTS) is 1. The Labute approximate surface area is 157 Å². The average molecular weight is 351 g/mol. The van der Waals surface area contributed by atoms with Gasteiger partial charge < -0.3 is 9.90 Å². The van der Waals surface area contributed by atoms with Crippen molar-refractivity contribution >= 4 is 5.97 Å². The fourth-order valence-electron chi connectivity index (χ4n) is 3.21. The van der Waals surface area contributed by atoms with Gasteiger partial charge in [-0.05, 0) is 24.3 Å². The standard InChI is InChI=1S/C24H17NO2/c26-24(27)20-16-22(18-10-4-1-5-11-18)25(21-14-8-3-9-15-21)23(17-20)19-12-6-2-7-13-19/h1-17H. The Balaban J connectivity index is 2.11. The van der Waals surface area contributed by atoms with Crippen molar-refractivity contribution in [3.05, 3.63) is 109 Å². The normalized spacial score (nSPS) is 10.5. The molecule has 3 aromatic carbocycles.